The van der Waals surface area contributed by atoms with Gasteiger partial charge in [-0.15, -0.1) is 0 Å². The van der Waals surface area contributed by atoms with E-state index in [1.807, 2.05) is 0 Å². The quantitative estimate of drug-likeness (QED) is 0.346. The number of hydrogen-bond acceptors (Lipinski definition) is 6. The van der Waals surface area contributed by atoms with Crippen LogP contribution in [0.3, 0.4) is 0 Å². The van der Waals surface area contributed by atoms with E-state index in [2.05, 4.69) is 16.0 Å². The van der Waals surface area contributed by atoms with Gasteiger partial charge < -0.3 is 20.7 Å². The van der Waals surface area contributed by atoms with Crippen LogP contribution in [0.1, 0.15) is 36.8 Å². The second-order valence-corrected chi connectivity index (χ2v) is 13.5. The molecule has 2 aromatic carbocycles. The number of ether oxygens (including phenoxy) is 1. The lowest BCUT2D eigenvalue weighted by atomic mass is 9.83. The van der Waals surface area contributed by atoms with E-state index in [-0.39, 0.29) is 23.7 Å². The van der Waals surface area contributed by atoms with Crippen LogP contribution in [-0.4, -0.2) is 75.5 Å². The van der Waals surface area contributed by atoms with E-state index >= 15 is 4.39 Å². The fourth-order valence-electron chi connectivity index (χ4n) is 6.05. The third-order valence-corrected chi connectivity index (χ3v) is 9.65. The molecule has 0 radical (unpaired) electrons. The first-order chi connectivity index (χ1) is 21.3. The number of nitrogens with one attached hydrogen (secondary N) is 3. The minimum atomic E-state index is -3.53. The Morgan fingerprint density at radius 3 is 2.38 bits per heavy atom. The average Bonchev–Trinajstić information content (AvgIpc) is 2.96. The van der Waals surface area contributed by atoms with E-state index < -0.39 is 63.7 Å². The van der Waals surface area contributed by atoms with Crippen molar-refractivity contribution in [1.29, 1.82) is 0 Å². The Labute approximate surface area is 265 Å². The first-order valence-corrected chi connectivity index (χ1v) is 16.6. The van der Waals surface area contributed by atoms with Gasteiger partial charge >= 0.3 is 6.09 Å². The van der Waals surface area contributed by atoms with Gasteiger partial charge in [-0.3, -0.25) is 4.79 Å². The van der Waals surface area contributed by atoms with Gasteiger partial charge in [0, 0.05) is 53.8 Å². The molecule has 0 spiro atoms. The predicted molar refractivity (Wildman–Crippen MR) is 165 cm³/mol. The summed E-state index contributed by atoms with van der Waals surface area (Å²) in [5.74, 6) is -4.55. The van der Waals surface area contributed by atoms with Crippen LogP contribution in [0.4, 0.5) is 18.0 Å². The third kappa shape index (κ3) is 8.66. The molecule has 2 aromatic rings. The summed E-state index contributed by atoms with van der Waals surface area (Å²) in [7, 11) is -2.43. The number of methoxy groups -OCH3 is 1. The Morgan fingerprint density at radius 2 is 1.76 bits per heavy atom. The molecule has 2 amide bonds. The number of nitrogens with zero attached hydrogens (tertiary/aromatic N) is 1. The summed E-state index contributed by atoms with van der Waals surface area (Å²) in [5, 5.41) is 8.78. The summed E-state index contributed by atoms with van der Waals surface area (Å²) < 4.78 is 75.4. The van der Waals surface area contributed by atoms with E-state index in [1.54, 1.807) is 19.1 Å². The van der Waals surface area contributed by atoms with Crippen molar-refractivity contribution < 1.29 is 35.9 Å². The Bertz CT molecular complexity index is 1540. The smallest absolute Gasteiger partial charge is 0.407 e. The average molecular weight is 669 g/mol. The maximum absolute atomic E-state index is 15.4. The lowest BCUT2D eigenvalue weighted by Gasteiger charge is -2.40. The van der Waals surface area contributed by atoms with Crippen LogP contribution < -0.4 is 16.0 Å². The van der Waals surface area contributed by atoms with Crippen molar-refractivity contribution in [3.8, 4) is 0 Å². The Hall–Kier alpha value is -3.39. The van der Waals surface area contributed by atoms with Crippen molar-refractivity contribution in [2.45, 2.75) is 50.0 Å². The number of alkyl halides is 1. The number of benzene rings is 2. The number of carbonyl (C=O) groups is 2. The zero-order chi connectivity index (χ0) is 32.9. The molecule has 1 saturated heterocycles. The summed E-state index contributed by atoms with van der Waals surface area (Å²) >= 11 is 6.07. The van der Waals surface area contributed by atoms with Crippen molar-refractivity contribution in [3.63, 3.8) is 0 Å². The van der Waals surface area contributed by atoms with Gasteiger partial charge in [0.15, 0.2) is 0 Å². The van der Waals surface area contributed by atoms with Gasteiger partial charge in [-0.25, -0.2) is 26.4 Å². The molecule has 9 nitrogen and oxygen atoms in total. The lowest BCUT2D eigenvalue weighted by Crippen LogP contribution is -2.58. The summed E-state index contributed by atoms with van der Waals surface area (Å²) in [6.07, 6.45) is 3.47. The molecule has 0 saturated carbocycles. The summed E-state index contributed by atoms with van der Waals surface area (Å²) in [6.45, 7) is 2.67. The normalized spacial score (nSPS) is 23.5. The first-order valence-electron chi connectivity index (χ1n) is 14.4. The Kier molecular flexibility index (Phi) is 11.3. The van der Waals surface area contributed by atoms with E-state index in [4.69, 9.17) is 16.3 Å². The highest BCUT2D eigenvalue weighted by atomic mass is 35.5. The highest BCUT2D eigenvalue weighted by Crippen LogP contribution is 2.33. The van der Waals surface area contributed by atoms with Crippen molar-refractivity contribution in [2.75, 3.05) is 26.5 Å². The van der Waals surface area contributed by atoms with Crippen LogP contribution >= 0.6 is 11.6 Å². The Morgan fingerprint density at radius 1 is 1.09 bits per heavy atom. The van der Waals surface area contributed by atoms with E-state index in [0.717, 1.165) is 25.5 Å². The summed E-state index contributed by atoms with van der Waals surface area (Å²) in [6, 6.07) is 6.79. The zero-order valence-electron chi connectivity index (χ0n) is 25.0. The molecule has 14 heteroatoms. The lowest BCUT2D eigenvalue weighted by molar-refractivity contribution is -0.122. The largest absolute Gasteiger partial charge is 0.453 e. The molecule has 1 aliphatic heterocycles. The standard InChI is InChI=1S/C31H36ClF3N4O5S/c1-18-16-36-17-24(39(18)45(3,42)43)11-12-25-26(35)5-4-6-27(25)37-30(40)29(38-31(41)44-2)28(19-7-9-21(32)10-8-19)20-13-22(33)15-23(34)14-20/h4-10,13-15,18,24-26,28-29,36H,11-12,16-17H2,1-3H3,(H,37,40)(H,38,41)/t18-,24-,25?,26?,28-,29-/m0/s1. The number of alkyl carbamates (subject to hydrolysis) is 1. The molecule has 2 unspecified atom stereocenters. The maximum atomic E-state index is 15.4. The predicted octanol–water partition coefficient (Wildman–Crippen LogP) is 4.40. The maximum Gasteiger partial charge on any atom is 0.407 e. The number of piperazine rings is 1. The molecule has 1 aliphatic carbocycles. The Balaban J connectivity index is 1.65. The summed E-state index contributed by atoms with van der Waals surface area (Å²) in [4.78, 5) is 26.5. The van der Waals surface area contributed by atoms with Gasteiger partial charge in [0.05, 0.1) is 13.4 Å². The number of sulfonamides is 1. The van der Waals surface area contributed by atoms with E-state index in [0.29, 0.717) is 36.2 Å². The molecule has 45 heavy (non-hydrogen) atoms. The minimum Gasteiger partial charge on any atom is -0.453 e. The molecule has 3 N–H and O–H groups in total. The molecule has 1 heterocycles. The molecule has 0 bridgehead atoms. The third-order valence-electron chi connectivity index (χ3n) is 7.98. The van der Waals surface area contributed by atoms with Crippen LogP contribution in [-0.2, 0) is 19.6 Å². The number of carbonyl (C=O) groups excluding carboxylic acids is 2. The van der Waals surface area contributed by atoms with E-state index in [9.17, 15) is 26.8 Å². The van der Waals surface area contributed by atoms with Gasteiger partial charge in [0.2, 0.25) is 15.9 Å². The monoisotopic (exact) mass is 668 g/mol. The van der Waals surface area contributed by atoms with Crippen molar-refractivity contribution >= 4 is 33.6 Å². The van der Waals surface area contributed by atoms with Crippen LogP contribution in [0.5, 0.6) is 0 Å². The number of halogens is 4. The molecule has 1 fully saturated rings. The van der Waals surface area contributed by atoms with Gasteiger partial charge in [-0.2, -0.15) is 4.31 Å². The number of amides is 2. The fourth-order valence-corrected chi connectivity index (χ4v) is 7.63. The number of rotatable bonds is 10. The van der Waals surface area contributed by atoms with Gasteiger partial charge in [-0.1, -0.05) is 29.8 Å². The van der Waals surface area contributed by atoms with Crippen molar-refractivity contribution in [3.05, 3.63) is 94.2 Å². The second-order valence-electron chi connectivity index (χ2n) is 11.2. The van der Waals surface area contributed by atoms with Crippen molar-refractivity contribution in [2.24, 2.45) is 5.92 Å². The molecule has 6 atom stereocenters. The molecular formula is C31H36ClF3N4O5S. The molecule has 4 rings (SSSR count). The van der Waals surface area contributed by atoms with Crippen LogP contribution in [0.25, 0.3) is 0 Å². The fraction of sp³-hybridized carbons (Fsp3) is 0.419. The van der Waals surface area contributed by atoms with Crippen molar-refractivity contribution in [1.82, 2.24) is 20.3 Å². The highest BCUT2D eigenvalue weighted by molar-refractivity contribution is 7.88. The van der Waals surface area contributed by atoms with Gasteiger partial charge in [0.1, 0.15) is 23.8 Å². The molecular weight excluding hydrogens is 633 g/mol. The van der Waals surface area contributed by atoms with E-state index in [1.165, 1.54) is 34.7 Å². The van der Waals surface area contributed by atoms with Crippen LogP contribution in [0, 0.1) is 17.6 Å². The topological polar surface area (TPSA) is 117 Å². The van der Waals surface area contributed by atoms with Crippen LogP contribution in [0.15, 0.2) is 66.4 Å². The van der Waals surface area contributed by atoms with Gasteiger partial charge in [-0.05, 0) is 67.3 Å². The second kappa shape index (κ2) is 14.8. The molecule has 244 valence electrons. The molecule has 2 aliphatic rings. The first kappa shape index (κ1) is 34.5. The van der Waals surface area contributed by atoms with Gasteiger partial charge in [0.25, 0.3) is 0 Å². The molecule has 0 aromatic heterocycles. The van der Waals surface area contributed by atoms with Crippen LogP contribution in [0.2, 0.25) is 5.02 Å². The minimum absolute atomic E-state index is 0.0450. The highest BCUT2D eigenvalue weighted by Gasteiger charge is 2.38. The summed E-state index contributed by atoms with van der Waals surface area (Å²) in [5.41, 5.74) is 0.649. The zero-order valence-corrected chi connectivity index (χ0v) is 26.5. The number of hydrogen-bond donors (Lipinski definition) is 3. The number of allylic oxidation sites excluding steroid dienone is 4. The SMILES string of the molecule is COC(=O)N[C@H](C(=O)NC1=CC=CC(F)C1CC[C@H]1CNC[C@H](C)N1S(C)(=O)=O)[C@@H](c1ccc(Cl)cc1)c1cc(F)cc(F)c1.